The molecule has 72 heavy (non-hydrogen) atoms. The van der Waals surface area contributed by atoms with Crippen molar-refractivity contribution in [3.63, 3.8) is 0 Å². The standard InChI is InChI=1S/C49H68N10O11S2/c1-27(60)40(48(68)57-39(26-72)47(67)59-41(28(2)61)49(69)70)58-43(63)35(19-11-12-20-50)53-45(65)37(23-31-24-52-34-18-10-9-17-32(31)34)55-44(64)36(22-30-15-7-4-8-16-30)54-46(66)38(25-71)56-42(62)33(51)21-29-13-5-3-6-14-29/h3-10,13-18,24,27-28,33,35-41,49,52,60-61,69-72H,11-12,19-23,25-26,50-51H2,1-2H3,(H,53,65)(H,54,66)(H,55,64)(H,56,62)(H,57,68)(H,58,63)(H,59,67)/t27-,28-,33-,35+,36+,37-,38+,39+,40+,41+/m1/s1. The van der Waals surface area contributed by atoms with Crippen LogP contribution in [0, 0.1) is 0 Å². The number of nitrogens with one attached hydrogen (secondary N) is 8. The maximum Gasteiger partial charge on any atom is 0.245 e. The van der Waals surface area contributed by atoms with E-state index in [-0.39, 0.29) is 43.7 Å². The monoisotopic (exact) mass is 1040 g/mol. The van der Waals surface area contributed by atoms with Gasteiger partial charge in [-0.2, -0.15) is 25.3 Å². The lowest BCUT2D eigenvalue weighted by atomic mass is 10.0. The van der Waals surface area contributed by atoms with Crippen LogP contribution in [0.1, 0.15) is 49.8 Å². The molecule has 0 spiro atoms. The summed E-state index contributed by atoms with van der Waals surface area (Å²) in [5.41, 5.74) is 14.8. The largest absolute Gasteiger partial charge is 0.391 e. The Morgan fingerprint density at radius 3 is 1.56 bits per heavy atom. The number of thiol groups is 2. The van der Waals surface area contributed by atoms with Crippen LogP contribution in [-0.2, 0) is 52.8 Å². The van der Waals surface area contributed by atoms with Crippen LogP contribution >= 0.6 is 25.3 Å². The fourth-order valence-electron chi connectivity index (χ4n) is 7.62. The van der Waals surface area contributed by atoms with Gasteiger partial charge in [0.1, 0.15) is 42.3 Å². The number of hydrogen-bond donors (Lipinski definition) is 16. The van der Waals surface area contributed by atoms with Crippen molar-refractivity contribution in [1.82, 2.24) is 42.2 Å². The maximum atomic E-state index is 14.6. The number of rotatable bonds is 29. The van der Waals surface area contributed by atoms with Crippen LogP contribution < -0.4 is 48.7 Å². The van der Waals surface area contributed by atoms with Crippen molar-refractivity contribution < 1.29 is 54.0 Å². The van der Waals surface area contributed by atoms with Gasteiger partial charge in [0.2, 0.25) is 41.4 Å². The molecule has 0 aliphatic rings. The number of aliphatic hydroxyl groups excluding tert-OH is 3. The van der Waals surface area contributed by atoms with Gasteiger partial charge in [-0.15, -0.1) is 0 Å². The molecule has 0 radical (unpaired) electrons. The zero-order valence-electron chi connectivity index (χ0n) is 40.1. The Bertz CT molecular complexity index is 2390. The molecule has 10 atom stereocenters. The van der Waals surface area contributed by atoms with E-state index >= 15 is 0 Å². The average molecular weight is 1040 g/mol. The van der Waals surface area contributed by atoms with Gasteiger partial charge in [0.15, 0.2) is 6.29 Å². The van der Waals surface area contributed by atoms with Crippen LogP contribution in [0.4, 0.5) is 0 Å². The van der Waals surface area contributed by atoms with Crippen molar-refractivity contribution >= 4 is 77.5 Å². The highest BCUT2D eigenvalue weighted by atomic mass is 32.1. The Kier molecular flexibility index (Phi) is 23.9. The summed E-state index contributed by atoms with van der Waals surface area (Å²) in [6.07, 6.45) is -2.68. The molecule has 0 bridgehead atoms. The quantitative estimate of drug-likeness (QED) is 0.0159. The second kappa shape index (κ2) is 29.5. The molecule has 0 aliphatic carbocycles. The molecule has 1 heterocycles. The van der Waals surface area contributed by atoms with Crippen molar-refractivity contribution in [3.05, 3.63) is 108 Å². The summed E-state index contributed by atoms with van der Waals surface area (Å²) in [7, 11) is 0. The summed E-state index contributed by atoms with van der Waals surface area (Å²) in [6.45, 7) is 2.65. The molecule has 392 valence electrons. The zero-order valence-corrected chi connectivity index (χ0v) is 41.9. The number of carbonyl (C=O) groups excluding carboxylic acids is 7. The second-order valence-electron chi connectivity index (χ2n) is 17.4. The first-order chi connectivity index (χ1) is 34.4. The van der Waals surface area contributed by atoms with E-state index in [4.69, 9.17) is 11.5 Å². The second-order valence-corrected chi connectivity index (χ2v) is 18.2. The molecule has 23 heteroatoms. The molecule has 16 N–H and O–H groups in total. The average Bonchev–Trinajstić information content (AvgIpc) is 3.77. The van der Waals surface area contributed by atoms with E-state index in [0.717, 1.165) is 16.5 Å². The lowest BCUT2D eigenvalue weighted by Gasteiger charge is -2.29. The van der Waals surface area contributed by atoms with Gasteiger partial charge in [-0.25, -0.2) is 0 Å². The van der Waals surface area contributed by atoms with Gasteiger partial charge in [-0.05, 0) is 68.8 Å². The Labute approximate surface area is 428 Å². The first-order valence-electron chi connectivity index (χ1n) is 23.5. The summed E-state index contributed by atoms with van der Waals surface area (Å²) < 4.78 is 0. The van der Waals surface area contributed by atoms with Crippen molar-refractivity contribution in [2.24, 2.45) is 11.5 Å². The van der Waals surface area contributed by atoms with E-state index < -0.39 is 108 Å². The van der Waals surface area contributed by atoms with Gasteiger partial charge in [-0.3, -0.25) is 33.6 Å². The SMILES string of the molecule is C[C@@H](O)[C@H](NC(=O)[C@H](CCCCN)NC(=O)[C@@H](Cc1c[nH]c2ccccc12)NC(=O)[C@H](Cc1ccccc1)NC(=O)[C@H](CS)NC(=O)[C@H](N)Cc1ccccc1)C(=O)N[C@@H](CS)C(=O)N[C@H](C(O)O)[C@@H](C)O. The van der Waals surface area contributed by atoms with Crippen LogP contribution in [0.3, 0.4) is 0 Å². The third-order valence-corrected chi connectivity index (χ3v) is 12.4. The number of unbranched alkanes of at least 4 members (excludes halogenated alkanes) is 1. The highest BCUT2D eigenvalue weighted by Crippen LogP contribution is 2.20. The summed E-state index contributed by atoms with van der Waals surface area (Å²) in [5, 5.41) is 58.5. The molecule has 0 fully saturated rings. The Morgan fingerprint density at radius 1 is 0.542 bits per heavy atom. The Morgan fingerprint density at radius 2 is 1.01 bits per heavy atom. The fourth-order valence-corrected chi connectivity index (χ4v) is 8.14. The number of benzene rings is 3. The van der Waals surface area contributed by atoms with E-state index in [1.807, 2.05) is 48.5 Å². The highest BCUT2D eigenvalue weighted by Gasteiger charge is 2.36. The number of aliphatic hydroxyl groups is 4. The molecular formula is C49H68N10O11S2. The number of H-pyrrole nitrogens is 1. The smallest absolute Gasteiger partial charge is 0.245 e. The number of aromatic amines is 1. The molecule has 0 unspecified atom stereocenters. The van der Waals surface area contributed by atoms with Crippen LogP contribution in [-0.4, -0.2) is 152 Å². The number of para-hydroxylation sites is 1. The summed E-state index contributed by atoms with van der Waals surface area (Å²) in [4.78, 5) is 100. The maximum absolute atomic E-state index is 14.6. The van der Waals surface area contributed by atoms with Crippen LogP contribution in [0.25, 0.3) is 10.9 Å². The van der Waals surface area contributed by atoms with Crippen molar-refractivity contribution in [2.45, 2.75) is 119 Å². The topological polar surface area (TPSA) is 352 Å². The third kappa shape index (κ3) is 17.9. The molecule has 4 aromatic rings. The number of nitrogens with two attached hydrogens (primary N) is 2. The van der Waals surface area contributed by atoms with Gasteiger partial charge >= 0.3 is 0 Å². The first-order valence-corrected chi connectivity index (χ1v) is 24.8. The minimum Gasteiger partial charge on any atom is -0.391 e. The van der Waals surface area contributed by atoms with E-state index in [2.05, 4.69) is 67.5 Å². The van der Waals surface area contributed by atoms with Gasteiger partial charge in [-0.1, -0.05) is 78.9 Å². The predicted octanol–water partition coefficient (Wildman–Crippen LogP) is -2.02. The molecule has 3 aromatic carbocycles. The number of amides is 7. The fraction of sp³-hybridized carbons (Fsp3) is 0.449. The Balaban J connectivity index is 1.61. The highest BCUT2D eigenvalue weighted by molar-refractivity contribution is 7.80. The number of fused-ring (bicyclic) bond motifs is 1. The van der Waals surface area contributed by atoms with Crippen LogP contribution in [0.5, 0.6) is 0 Å². The number of aromatic nitrogens is 1. The Hall–Kier alpha value is -6.05. The van der Waals surface area contributed by atoms with Gasteiger partial charge in [0, 0.05) is 41.4 Å². The van der Waals surface area contributed by atoms with Gasteiger partial charge < -0.3 is 74.1 Å². The minimum absolute atomic E-state index is 0.0128. The molecule has 0 aliphatic heterocycles. The first kappa shape index (κ1) is 58.5. The summed E-state index contributed by atoms with van der Waals surface area (Å²) >= 11 is 8.42. The summed E-state index contributed by atoms with van der Waals surface area (Å²) in [6, 6.07) is 14.1. The normalized spacial score (nSPS) is 15.5. The van der Waals surface area contributed by atoms with Crippen molar-refractivity contribution in [1.29, 1.82) is 0 Å². The predicted molar refractivity (Wildman–Crippen MR) is 276 cm³/mol. The lowest BCUT2D eigenvalue weighted by Crippen LogP contribution is -2.62. The van der Waals surface area contributed by atoms with E-state index in [9.17, 15) is 54.0 Å². The summed E-state index contributed by atoms with van der Waals surface area (Å²) in [5.74, 6) is -6.37. The molecule has 1 aromatic heterocycles. The van der Waals surface area contributed by atoms with Crippen LogP contribution in [0.15, 0.2) is 91.1 Å². The number of carbonyl (C=O) groups is 7. The number of hydrogen-bond acceptors (Lipinski definition) is 15. The third-order valence-electron chi connectivity index (χ3n) is 11.7. The lowest BCUT2D eigenvalue weighted by molar-refractivity contribution is -0.138. The molecular weight excluding hydrogens is 969 g/mol. The van der Waals surface area contributed by atoms with Crippen molar-refractivity contribution in [2.75, 3.05) is 18.1 Å². The van der Waals surface area contributed by atoms with Crippen LogP contribution in [0.2, 0.25) is 0 Å². The molecule has 4 rings (SSSR count). The van der Waals surface area contributed by atoms with E-state index in [1.54, 1.807) is 42.6 Å². The van der Waals surface area contributed by atoms with E-state index in [1.165, 1.54) is 13.8 Å². The molecule has 0 saturated carbocycles. The molecule has 21 nitrogen and oxygen atoms in total. The molecule has 7 amide bonds. The van der Waals surface area contributed by atoms with E-state index in [0.29, 0.717) is 24.0 Å². The molecule has 0 saturated heterocycles. The van der Waals surface area contributed by atoms with Gasteiger partial charge in [0.25, 0.3) is 0 Å². The zero-order chi connectivity index (χ0) is 52.9. The van der Waals surface area contributed by atoms with Gasteiger partial charge in [0.05, 0.1) is 18.2 Å². The van der Waals surface area contributed by atoms with Crippen molar-refractivity contribution in [3.8, 4) is 0 Å². The minimum atomic E-state index is -2.15.